The minimum atomic E-state index is 0.577. The summed E-state index contributed by atoms with van der Waals surface area (Å²) in [6.07, 6.45) is 19.4. The van der Waals surface area contributed by atoms with Crippen LogP contribution in [-0.2, 0) is 0 Å². The molecule has 120 valence electrons. The zero-order valence-electron chi connectivity index (χ0n) is 14.0. The third-order valence-corrected chi connectivity index (χ3v) is 6.72. The molecule has 0 bridgehead atoms. The van der Waals surface area contributed by atoms with Gasteiger partial charge in [0.2, 0.25) is 0 Å². The van der Waals surface area contributed by atoms with Crippen molar-refractivity contribution in [2.24, 2.45) is 22.7 Å². The molecule has 0 aromatic rings. The maximum absolute atomic E-state index is 4.61. The Morgan fingerprint density at radius 2 is 2.17 bits per heavy atom. The molecule has 0 radical (unpaired) electrons. The Bertz CT molecular complexity index is 676. The molecule has 0 N–H and O–H groups in total. The lowest BCUT2D eigenvalue weighted by Gasteiger charge is -2.37. The van der Waals surface area contributed by atoms with Crippen LogP contribution in [0.2, 0.25) is 0 Å². The van der Waals surface area contributed by atoms with Gasteiger partial charge in [-0.15, -0.1) is 0 Å². The third-order valence-electron chi connectivity index (χ3n) is 6.72. The largest absolute Gasteiger partial charge is 0.341 e. The van der Waals surface area contributed by atoms with Crippen molar-refractivity contribution < 1.29 is 0 Å². The average Bonchev–Trinajstić information content (AvgIpc) is 2.83. The summed E-state index contributed by atoms with van der Waals surface area (Å²) in [5.41, 5.74) is 6.61. The van der Waals surface area contributed by atoms with Crippen LogP contribution in [0.15, 0.2) is 51.8 Å². The van der Waals surface area contributed by atoms with Crippen LogP contribution in [-0.4, -0.2) is 23.7 Å². The first-order valence-corrected chi connectivity index (χ1v) is 9.47. The number of rotatable bonds is 1. The number of aliphatic imine (C=N–C) groups is 1. The Hall–Kier alpha value is -1.57. The number of hydrogen-bond donors (Lipinski definition) is 0. The molecule has 0 saturated carbocycles. The minimum Gasteiger partial charge on any atom is -0.341 e. The van der Waals surface area contributed by atoms with Gasteiger partial charge in [0.15, 0.2) is 0 Å². The van der Waals surface area contributed by atoms with Crippen LogP contribution >= 0.6 is 0 Å². The van der Waals surface area contributed by atoms with E-state index in [1.165, 1.54) is 38.5 Å². The standard InChI is InChI=1S/C21H26N2/c1-2-14-7-10-17-18-13-22-12-11-20(18)23-19-6-4-3-5-15(19)8-9-16(14)21(17)23/h3,5,8,11-12,14,17-19H,2,4,6-7,9-10,13H2,1H3. The van der Waals surface area contributed by atoms with E-state index in [1.807, 2.05) is 6.21 Å². The molecule has 23 heavy (non-hydrogen) atoms. The molecular formula is C21H26N2. The second-order valence-electron chi connectivity index (χ2n) is 7.69. The fraction of sp³-hybridized carbons (Fsp3) is 0.571. The molecule has 2 aliphatic carbocycles. The molecule has 2 nitrogen and oxygen atoms in total. The summed E-state index contributed by atoms with van der Waals surface area (Å²) in [5.74, 6) is 2.18. The molecule has 1 saturated heterocycles. The average molecular weight is 306 g/mol. The van der Waals surface area contributed by atoms with E-state index in [-0.39, 0.29) is 0 Å². The fourth-order valence-electron chi connectivity index (χ4n) is 5.65. The summed E-state index contributed by atoms with van der Waals surface area (Å²) < 4.78 is 0. The molecule has 0 aromatic heterocycles. The summed E-state index contributed by atoms with van der Waals surface area (Å²) >= 11 is 0. The molecule has 2 heteroatoms. The van der Waals surface area contributed by atoms with E-state index in [2.05, 4.69) is 41.1 Å². The number of dihydropyridines is 1. The van der Waals surface area contributed by atoms with Gasteiger partial charge in [-0.1, -0.05) is 25.2 Å². The Labute approximate surface area is 139 Å². The molecule has 1 fully saturated rings. The molecule has 0 aromatic carbocycles. The number of nitrogens with zero attached hydrogens (tertiary/aromatic N) is 2. The van der Waals surface area contributed by atoms with Gasteiger partial charge < -0.3 is 4.90 Å². The van der Waals surface area contributed by atoms with Gasteiger partial charge in [0.05, 0.1) is 6.04 Å². The molecule has 5 rings (SSSR count). The van der Waals surface area contributed by atoms with E-state index in [0.717, 1.165) is 18.4 Å². The van der Waals surface area contributed by atoms with Gasteiger partial charge in [-0.3, -0.25) is 4.99 Å². The highest BCUT2D eigenvalue weighted by atomic mass is 15.2. The molecular weight excluding hydrogens is 280 g/mol. The van der Waals surface area contributed by atoms with Crippen molar-refractivity contribution in [1.82, 2.24) is 4.90 Å². The predicted octanol–water partition coefficient (Wildman–Crippen LogP) is 4.63. The maximum atomic E-state index is 4.61. The summed E-state index contributed by atoms with van der Waals surface area (Å²) in [6.45, 7) is 3.38. The maximum Gasteiger partial charge on any atom is 0.0585 e. The zero-order valence-corrected chi connectivity index (χ0v) is 14.0. The zero-order chi connectivity index (χ0) is 15.4. The van der Waals surface area contributed by atoms with Crippen molar-refractivity contribution in [1.29, 1.82) is 0 Å². The summed E-state index contributed by atoms with van der Waals surface area (Å²) in [4.78, 5) is 7.39. The Kier molecular flexibility index (Phi) is 3.14. The number of fused-ring (bicyclic) bond motifs is 5. The Balaban J connectivity index is 1.70. The monoisotopic (exact) mass is 306 g/mol. The van der Waals surface area contributed by atoms with Crippen molar-refractivity contribution in [3.05, 3.63) is 46.8 Å². The van der Waals surface area contributed by atoms with Gasteiger partial charge in [0.25, 0.3) is 0 Å². The molecule has 3 heterocycles. The second-order valence-corrected chi connectivity index (χ2v) is 7.69. The first-order chi connectivity index (χ1) is 11.4. The Morgan fingerprint density at radius 3 is 3.09 bits per heavy atom. The van der Waals surface area contributed by atoms with E-state index in [1.54, 1.807) is 22.5 Å². The first-order valence-electron chi connectivity index (χ1n) is 9.47. The number of allylic oxidation sites excluding steroid dienone is 5. The van der Waals surface area contributed by atoms with Crippen LogP contribution in [0.3, 0.4) is 0 Å². The van der Waals surface area contributed by atoms with Crippen LogP contribution in [0, 0.1) is 17.8 Å². The van der Waals surface area contributed by atoms with Crippen molar-refractivity contribution in [2.75, 3.05) is 6.54 Å². The van der Waals surface area contributed by atoms with Crippen molar-refractivity contribution >= 4 is 6.21 Å². The van der Waals surface area contributed by atoms with Crippen molar-refractivity contribution in [3.8, 4) is 0 Å². The van der Waals surface area contributed by atoms with Gasteiger partial charge >= 0.3 is 0 Å². The lowest BCUT2D eigenvalue weighted by atomic mass is 9.74. The SMILES string of the molecule is CCC1CCC2C3=C1CC=C1C=CCCC1N3C1=CC=NCC12. The minimum absolute atomic E-state index is 0.577. The van der Waals surface area contributed by atoms with Gasteiger partial charge in [0, 0.05) is 36.0 Å². The van der Waals surface area contributed by atoms with E-state index in [4.69, 9.17) is 0 Å². The van der Waals surface area contributed by atoms with Gasteiger partial charge in [-0.2, -0.15) is 0 Å². The van der Waals surface area contributed by atoms with Gasteiger partial charge in [-0.25, -0.2) is 0 Å². The van der Waals surface area contributed by atoms with Crippen LogP contribution < -0.4 is 0 Å². The topological polar surface area (TPSA) is 15.6 Å². The Morgan fingerprint density at radius 1 is 1.22 bits per heavy atom. The van der Waals surface area contributed by atoms with Gasteiger partial charge in [0.1, 0.15) is 0 Å². The van der Waals surface area contributed by atoms with E-state index in [9.17, 15) is 0 Å². The second kappa shape index (κ2) is 5.22. The normalized spacial score (nSPS) is 37.7. The smallest absolute Gasteiger partial charge is 0.0585 e. The summed E-state index contributed by atoms with van der Waals surface area (Å²) in [6, 6.07) is 0.577. The molecule has 4 atom stereocenters. The first kappa shape index (κ1) is 13.8. The van der Waals surface area contributed by atoms with E-state index in [0.29, 0.717) is 12.0 Å². The van der Waals surface area contributed by atoms with Crippen molar-refractivity contribution in [2.45, 2.75) is 51.5 Å². The van der Waals surface area contributed by atoms with Crippen LogP contribution in [0.5, 0.6) is 0 Å². The summed E-state index contributed by atoms with van der Waals surface area (Å²) in [7, 11) is 0. The van der Waals surface area contributed by atoms with Crippen LogP contribution in [0.1, 0.15) is 45.4 Å². The quantitative estimate of drug-likeness (QED) is 0.690. The summed E-state index contributed by atoms with van der Waals surface area (Å²) in [5, 5.41) is 0. The van der Waals surface area contributed by atoms with E-state index < -0.39 is 0 Å². The third kappa shape index (κ3) is 1.90. The molecule has 3 aliphatic heterocycles. The van der Waals surface area contributed by atoms with E-state index >= 15 is 0 Å². The van der Waals surface area contributed by atoms with Crippen molar-refractivity contribution in [3.63, 3.8) is 0 Å². The predicted molar refractivity (Wildman–Crippen MR) is 95.2 cm³/mol. The highest BCUT2D eigenvalue weighted by Crippen LogP contribution is 2.55. The lowest BCUT2D eigenvalue weighted by Crippen LogP contribution is -2.34. The fourth-order valence-corrected chi connectivity index (χ4v) is 5.65. The van der Waals surface area contributed by atoms with Crippen LogP contribution in [0.25, 0.3) is 0 Å². The molecule has 0 spiro atoms. The highest BCUT2D eigenvalue weighted by molar-refractivity contribution is 5.74. The highest BCUT2D eigenvalue weighted by Gasteiger charge is 2.49. The molecule has 0 amide bonds. The van der Waals surface area contributed by atoms with Crippen LogP contribution in [0.4, 0.5) is 0 Å². The molecule has 5 aliphatic rings. The lowest BCUT2D eigenvalue weighted by molar-refractivity contribution is 0.316. The van der Waals surface area contributed by atoms with Gasteiger partial charge in [-0.05, 0) is 61.7 Å². The number of hydrogen-bond acceptors (Lipinski definition) is 2. The molecule has 4 unspecified atom stereocenters.